The number of aromatic nitrogens is 1. The molecule has 0 amide bonds. The Bertz CT molecular complexity index is 653. The van der Waals surface area contributed by atoms with E-state index in [2.05, 4.69) is 6.92 Å². The number of carbonyl (C=O) groups excluding carboxylic acids is 1. The van der Waals surface area contributed by atoms with E-state index in [-0.39, 0.29) is 11.8 Å². The first-order valence-corrected chi connectivity index (χ1v) is 17.0. The van der Waals surface area contributed by atoms with Crippen molar-refractivity contribution in [1.82, 2.24) is 4.73 Å². The molecular weight excluding hydrogens is 486 g/mol. The number of nitrogens with zero attached hydrogens (tertiary/aromatic N) is 1. The normalized spacial score (nSPS) is 11.3. The molecule has 0 atom stereocenters. The fourth-order valence-corrected chi connectivity index (χ4v) is 5.40. The minimum atomic E-state index is -0.434. The van der Waals surface area contributed by atoms with Crippen LogP contribution in [-0.2, 0) is 4.79 Å². The van der Waals surface area contributed by atoms with Gasteiger partial charge in [-0.25, -0.2) is 4.79 Å². The minimum absolute atomic E-state index is 0.277. The number of hydrogen-bond acceptors (Lipinski definition) is 4. The third-order valence-electron chi connectivity index (χ3n) is 7.98. The van der Waals surface area contributed by atoms with E-state index >= 15 is 0 Å². The van der Waals surface area contributed by atoms with Crippen LogP contribution in [0.4, 0.5) is 0 Å². The SMILES string of the molecule is CCCCCCCCCCCCCCCCCCCCCCCCCCCCCC(=O)On1c(O)ccc1O. The lowest BCUT2D eigenvalue weighted by molar-refractivity contribution is -0.145. The number of unbranched alkanes of at least 4 members (excludes halogenated alkanes) is 26. The van der Waals surface area contributed by atoms with Gasteiger partial charge < -0.3 is 15.1 Å². The molecule has 2 N–H and O–H groups in total. The summed E-state index contributed by atoms with van der Waals surface area (Å²) < 4.78 is 0.753. The van der Waals surface area contributed by atoms with Crippen LogP contribution >= 0.6 is 0 Å². The summed E-state index contributed by atoms with van der Waals surface area (Å²) >= 11 is 0. The molecule has 1 rings (SSSR count). The van der Waals surface area contributed by atoms with E-state index in [9.17, 15) is 15.0 Å². The zero-order chi connectivity index (χ0) is 28.2. The smallest absolute Gasteiger partial charge is 0.333 e. The molecule has 0 aliphatic heterocycles. The van der Waals surface area contributed by atoms with Gasteiger partial charge in [-0.15, -0.1) is 4.73 Å². The second-order valence-corrected chi connectivity index (χ2v) is 11.7. The predicted octanol–water partition coefficient (Wildman–Crippen LogP) is 10.8. The maximum atomic E-state index is 11.8. The van der Waals surface area contributed by atoms with Gasteiger partial charge in [-0.1, -0.05) is 174 Å². The number of rotatable bonds is 29. The van der Waals surface area contributed by atoms with Crippen molar-refractivity contribution in [1.29, 1.82) is 0 Å². The van der Waals surface area contributed by atoms with E-state index in [1.165, 1.54) is 166 Å². The molecule has 1 aromatic rings. The zero-order valence-corrected chi connectivity index (χ0v) is 25.6. The van der Waals surface area contributed by atoms with Crippen molar-refractivity contribution in [2.45, 2.75) is 187 Å². The van der Waals surface area contributed by atoms with Crippen LogP contribution in [0.3, 0.4) is 0 Å². The average Bonchev–Trinajstić information content (AvgIpc) is 3.24. The molecule has 1 aromatic heterocycles. The third kappa shape index (κ3) is 21.8. The number of hydrogen-bond donors (Lipinski definition) is 2. The van der Waals surface area contributed by atoms with Gasteiger partial charge in [-0.2, -0.15) is 0 Å². The maximum absolute atomic E-state index is 11.8. The molecule has 1 heterocycles. The molecule has 0 saturated carbocycles. The van der Waals surface area contributed by atoms with E-state index in [1.54, 1.807) is 0 Å². The highest BCUT2D eigenvalue weighted by atomic mass is 16.7. The van der Waals surface area contributed by atoms with Gasteiger partial charge >= 0.3 is 5.97 Å². The molecule has 39 heavy (non-hydrogen) atoms. The first kappa shape index (κ1) is 35.4. The quantitative estimate of drug-likeness (QED) is 0.0975. The summed E-state index contributed by atoms with van der Waals surface area (Å²) in [6.07, 6.45) is 37.2. The Hall–Kier alpha value is -1.65. The molecule has 0 spiro atoms. The molecule has 0 bridgehead atoms. The van der Waals surface area contributed by atoms with Crippen LogP contribution in [0.2, 0.25) is 0 Å². The monoisotopic (exact) mass is 549 g/mol. The van der Waals surface area contributed by atoms with Crippen molar-refractivity contribution in [2.75, 3.05) is 0 Å². The largest absolute Gasteiger partial charge is 0.492 e. The Labute approximate surface area is 241 Å². The lowest BCUT2D eigenvalue weighted by atomic mass is 10.0. The Balaban J connectivity index is 1.69. The summed E-state index contributed by atoms with van der Waals surface area (Å²) in [5.74, 6) is -0.987. The molecule has 0 fully saturated rings. The van der Waals surface area contributed by atoms with Gasteiger partial charge in [0, 0.05) is 18.6 Å². The summed E-state index contributed by atoms with van der Waals surface area (Å²) in [6.45, 7) is 2.29. The van der Waals surface area contributed by atoms with E-state index in [1.807, 2.05) is 0 Å². The Morgan fingerprint density at radius 1 is 0.513 bits per heavy atom. The molecule has 228 valence electrons. The highest BCUT2D eigenvalue weighted by molar-refractivity contribution is 5.69. The fourth-order valence-electron chi connectivity index (χ4n) is 5.40. The lowest BCUT2D eigenvalue weighted by Gasteiger charge is -2.06. The number of aromatic hydroxyl groups is 2. The van der Waals surface area contributed by atoms with Gasteiger partial charge in [0.15, 0.2) is 0 Å². The van der Waals surface area contributed by atoms with E-state index in [0.29, 0.717) is 6.42 Å². The molecule has 0 saturated heterocycles. The van der Waals surface area contributed by atoms with Crippen molar-refractivity contribution < 1.29 is 19.8 Å². The van der Waals surface area contributed by atoms with Crippen LogP contribution in [0.15, 0.2) is 12.1 Å². The van der Waals surface area contributed by atoms with E-state index in [0.717, 1.165) is 24.0 Å². The number of carbonyl (C=O) groups is 1. The van der Waals surface area contributed by atoms with Gasteiger partial charge in [-0.05, 0) is 6.42 Å². The van der Waals surface area contributed by atoms with E-state index in [4.69, 9.17) is 4.84 Å². The van der Waals surface area contributed by atoms with Crippen molar-refractivity contribution in [3.8, 4) is 11.8 Å². The van der Waals surface area contributed by atoms with Crippen molar-refractivity contribution in [2.24, 2.45) is 0 Å². The van der Waals surface area contributed by atoms with Crippen molar-refractivity contribution >= 4 is 5.97 Å². The standard InChI is InChI=1S/C34H63NO4/c1-2-3-4-5-6-7-8-9-10-11-12-13-14-15-16-17-18-19-20-21-22-23-24-25-26-27-28-29-34(38)39-35-32(36)30-31-33(35)37/h30-31,36-37H,2-29H2,1H3. The zero-order valence-electron chi connectivity index (χ0n) is 25.6. The molecular formula is C34H63NO4. The highest BCUT2D eigenvalue weighted by Crippen LogP contribution is 2.19. The van der Waals surface area contributed by atoms with Gasteiger partial charge in [0.05, 0.1) is 0 Å². The average molecular weight is 550 g/mol. The molecule has 0 aliphatic carbocycles. The van der Waals surface area contributed by atoms with Crippen LogP contribution in [0.1, 0.15) is 187 Å². The minimum Gasteiger partial charge on any atom is -0.492 e. The van der Waals surface area contributed by atoms with Crippen LogP contribution in [0.25, 0.3) is 0 Å². The molecule has 0 aromatic carbocycles. The Morgan fingerprint density at radius 3 is 1.05 bits per heavy atom. The molecule has 0 unspecified atom stereocenters. The maximum Gasteiger partial charge on any atom is 0.333 e. The highest BCUT2D eigenvalue weighted by Gasteiger charge is 2.11. The third-order valence-corrected chi connectivity index (χ3v) is 7.98. The lowest BCUT2D eigenvalue weighted by Crippen LogP contribution is -2.18. The molecule has 0 radical (unpaired) electrons. The molecule has 0 aliphatic rings. The molecule has 5 nitrogen and oxygen atoms in total. The first-order valence-electron chi connectivity index (χ1n) is 17.0. The summed E-state index contributed by atoms with van der Waals surface area (Å²) in [7, 11) is 0. The fraction of sp³-hybridized carbons (Fsp3) is 0.853. The molecule has 5 heteroatoms. The predicted molar refractivity (Wildman–Crippen MR) is 164 cm³/mol. The van der Waals surface area contributed by atoms with Crippen LogP contribution < -0.4 is 4.84 Å². The van der Waals surface area contributed by atoms with Crippen LogP contribution in [0.5, 0.6) is 11.8 Å². The van der Waals surface area contributed by atoms with Crippen molar-refractivity contribution in [3.05, 3.63) is 12.1 Å². The van der Waals surface area contributed by atoms with Crippen LogP contribution in [0, 0.1) is 0 Å². The Kier molecular flexibility index (Phi) is 24.1. The second-order valence-electron chi connectivity index (χ2n) is 11.7. The summed E-state index contributed by atoms with van der Waals surface area (Å²) in [5, 5.41) is 19.0. The van der Waals surface area contributed by atoms with Gasteiger partial charge in [0.25, 0.3) is 0 Å². The summed E-state index contributed by atoms with van der Waals surface area (Å²) in [5.41, 5.74) is 0. The van der Waals surface area contributed by atoms with Gasteiger partial charge in [0.1, 0.15) is 0 Å². The summed E-state index contributed by atoms with van der Waals surface area (Å²) in [4.78, 5) is 16.7. The van der Waals surface area contributed by atoms with Gasteiger partial charge in [0.2, 0.25) is 11.8 Å². The van der Waals surface area contributed by atoms with Crippen molar-refractivity contribution in [3.63, 3.8) is 0 Å². The Morgan fingerprint density at radius 2 is 0.769 bits per heavy atom. The van der Waals surface area contributed by atoms with Gasteiger partial charge in [-0.3, -0.25) is 0 Å². The van der Waals surface area contributed by atoms with Crippen LogP contribution in [-0.4, -0.2) is 20.9 Å². The topological polar surface area (TPSA) is 71.7 Å². The first-order chi connectivity index (χ1) is 19.1. The summed E-state index contributed by atoms with van der Waals surface area (Å²) in [6, 6.07) is 2.56. The second kappa shape index (κ2) is 26.6. The van der Waals surface area contributed by atoms with E-state index < -0.39 is 5.97 Å².